The van der Waals surface area contributed by atoms with E-state index in [2.05, 4.69) is 5.10 Å². The summed E-state index contributed by atoms with van der Waals surface area (Å²) < 4.78 is 76.1. The molecular weight excluding hydrogens is 342 g/mol. The van der Waals surface area contributed by atoms with Crippen molar-refractivity contribution in [2.24, 2.45) is 7.05 Å². The summed E-state index contributed by atoms with van der Waals surface area (Å²) in [5.41, 5.74) is 0.151. The number of halogens is 6. The second-order valence-electron chi connectivity index (χ2n) is 4.92. The maximum atomic E-state index is 12.7. The Morgan fingerprint density at radius 2 is 1.74 bits per heavy atom. The minimum atomic E-state index is -4.57. The van der Waals surface area contributed by atoms with Gasteiger partial charge in [-0.3, -0.25) is 4.68 Å². The molecule has 0 fully saturated rings. The Labute approximate surface area is 132 Å². The minimum Gasteiger partial charge on any atom is -0.267 e. The van der Waals surface area contributed by atoms with Crippen LogP contribution < -0.4 is 0 Å². The predicted octanol–water partition coefficient (Wildman–Crippen LogP) is 5.07. The van der Waals surface area contributed by atoms with Crippen molar-refractivity contribution in [1.29, 1.82) is 0 Å². The van der Waals surface area contributed by atoms with E-state index in [0.717, 1.165) is 10.7 Å². The lowest BCUT2D eigenvalue weighted by atomic mass is 10.1. The highest BCUT2D eigenvalue weighted by Crippen LogP contribution is 2.35. The number of alkyl halides is 6. The summed E-state index contributed by atoms with van der Waals surface area (Å²) in [6.45, 7) is 1.65. The van der Waals surface area contributed by atoms with Gasteiger partial charge in [-0.05, 0) is 24.6 Å². The largest absolute Gasteiger partial charge is 0.435 e. The molecule has 0 unspecified atom stereocenters. The molecule has 0 bridgehead atoms. The number of aryl methyl sites for hydroxylation is 2. The van der Waals surface area contributed by atoms with Crippen molar-refractivity contribution < 1.29 is 26.3 Å². The monoisotopic (exact) mass is 354 g/mol. The fraction of sp³-hybridized carbons (Fsp3) is 0.357. The Hall–Kier alpha value is -1.64. The maximum Gasteiger partial charge on any atom is 0.435 e. The molecule has 0 spiro atoms. The van der Waals surface area contributed by atoms with Gasteiger partial charge in [-0.15, -0.1) is 11.8 Å². The van der Waals surface area contributed by atoms with Crippen molar-refractivity contribution in [3.05, 3.63) is 35.5 Å². The summed E-state index contributed by atoms with van der Waals surface area (Å²) in [5.74, 6) is -1.06. The summed E-state index contributed by atoms with van der Waals surface area (Å²) in [7, 11) is 1.35. The van der Waals surface area contributed by atoms with Gasteiger partial charge in [0.05, 0.1) is 11.4 Å². The van der Waals surface area contributed by atoms with Crippen LogP contribution in [-0.2, 0) is 13.2 Å². The molecule has 23 heavy (non-hydrogen) atoms. The molecule has 2 nitrogen and oxygen atoms in total. The number of benzene rings is 1. The molecule has 0 radical (unpaired) electrons. The smallest absolute Gasteiger partial charge is 0.267 e. The zero-order chi connectivity index (χ0) is 17.4. The van der Waals surface area contributed by atoms with Crippen LogP contribution in [0.15, 0.2) is 29.2 Å². The first kappa shape index (κ1) is 17.7. The molecule has 0 saturated carbocycles. The average Bonchev–Trinajstić information content (AvgIpc) is 2.79. The maximum absolute atomic E-state index is 12.7. The van der Waals surface area contributed by atoms with Gasteiger partial charge >= 0.3 is 12.4 Å². The zero-order valence-electron chi connectivity index (χ0n) is 12.1. The fourth-order valence-corrected chi connectivity index (χ4v) is 2.78. The molecule has 2 rings (SSSR count). The standard InChI is InChI=1S/C14H12F6N2S/c1-8-3-4-9(5-11(8)23-7-13(15,16)17)10-6-12(14(18,19)20)21-22(10)2/h3-6H,7H2,1-2H3. The second kappa shape index (κ2) is 6.10. The van der Waals surface area contributed by atoms with Crippen LogP contribution >= 0.6 is 11.8 Å². The van der Waals surface area contributed by atoms with E-state index in [9.17, 15) is 26.3 Å². The molecule has 2 aromatic rings. The van der Waals surface area contributed by atoms with Crippen LogP contribution in [0.25, 0.3) is 11.3 Å². The first-order valence-corrected chi connectivity index (χ1v) is 7.38. The van der Waals surface area contributed by atoms with E-state index in [1.54, 1.807) is 19.1 Å². The molecule has 0 aliphatic rings. The van der Waals surface area contributed by atoms with Gasteiger partial charge in [-0.2, -0.15) is 31.4 Å². The number of rotatable bonds is 3. The molecule has 9 heteroatoms. The van der Waals surface area contributed by atoms with Crippen LogP contribution in [0.5, 0.6) is 0 Å². The molecule has 0 N–H and O–H groups in total. The van der Waals surface area contributed by atoms with Gasteiger partial charge in [-0.25, -0.2) is 0 Å². The average molecular weight is 354 g/mol. The SMILES string of the molecule is Cc1ccc(-c2cc(C(F)(F)F)nn2C)cc1SCC(F)(F)F. The van der Waals surface area contributed by atoms with Crippen LogP contribution in [0.2, 0.25) is 0 Å². The summed E-state index contributed by atoms with van der Waals surface area (Å²) >= 11 is 0.604. The highest BCUT2D eigenvalue weighted by molar-refractivity contribution is 7.99. The Morgan fingerprint density at radius 3 is 2.26 bits per heavy atom. The third-order valence-electron chi connectivity index (χ3n) is 3.05. The van der Waals surface area contributed by atoms with Gasteiger partial charge in [-0.1, -0.05) is 12.1 Å². The van der Waals surface area contributed by atoms with Crippen molar-refractivity contribution in [3.63, 3.8) is 0 Å². The number of hydrogen-bond acceptors (Lipinski definition) is 2. The minimum absolute atomic E-state index is 0.186. The van der Waals surface area contributed by atoms with E-state index >= 15 is 0 Å². The lowest BCUT2D eigenvalue weighted by Gasteiger charge is -2.10. The van der Waals surface area contributed by atoms with Gasteiger partial charge in [0.2, 0.25) is 0 Å². The van der Waals surface area contributed by atoms with E-state index in [1.165, 1.54) is 13.1 Å². The van der Waals surface area contributed by atoms with Crippen LogP contribution in [0, 0.1) is 6.92 Å². The third-order valence-corrected chi connectivity index (χ3v) is 4.27. The van der Waals surface area contributed by atoms with E-state index < -0.39 is 23.8 Å². The summed E-state index contributed by atoms with van der Waals surface area (Å²) in [4.78, 5) is 0.370. The Morgan fingerprint density at radius 1 is 1.09 bits per heavy atom. The topological polar surface area (TPSA) is 17.8 Å². The Kier molecular flexibility index (Phi) is 4.70. The molecule has 0 aliphatic heterocycles. The molecule has 0 saturated heterocycles. The first-order valence-electron chi connectivity index (χ1n) is 6.39. The van der Waals surface area contributed by atoms with E-state index in [0.29, 0.717) is 27.8 Å². The van der Waals surface area contributed by atoms with Crippen molar-refractivity contribution in [1.82, 2.24) is 9.78 Å². The van der Waals surface area contributed by atoms with Crippen molar-refractivity contribution in [2.75, 3.05) is 5.75 Å². The Bertz CT molecular complexity index is 702. The third kappa shape index (κ3) is 4.43. The number of hydrogen-bond donors (Lipinski definition) is 0. The van der Waals surface area contributed by atoms with Crippen molar-refractivity contribution in [3.8, 4) is 11.3 Å². The van der Waals surface area contributed by atoms with Gasteiger partial charge in [0.25, 0.3) is 0 Å². The van der Waals surface area contributed by atoms with E-state index in [-0.39, 0.29) is 5.69 Å². The molecule has 0 aliphatic carbocycles. The normalized spacial score (nSPS) is 12.7. The second-order valence-corrected chi connectivity index (χ2v) is 5.94. The molecule has 0 amide bonds. The summed E-state index contributed by atoms with van der Waals surface area (Å²) in [6.07, 6.45) is -8.89. The fourth-order valence-electron chi connectivity index (χ4n) is 1.95. The van der Waals surface area contributed by atoms with Gasteiger partial charge in [0.15, 0.2) is 5.69 Å². The molecule has 1 heterocycles. The molecule has 1 aromatic heterocycles. The van der Waals surface area contributed by atoms with Crippen LogP contribution in [0.3, 0.4) is 0 Å². The van der Waals surface area contributed by atoms with Crippen LogP contribution in [-0.4, -0.2) is 21.7 Å². The zero-order valence-corrected chi connectivity index (χ0v) is 12.9. The van der Waals surface area contributed by atoms with E-state index in [4.69, 9.17) is 0 Å². The summed E-state index contributed by atoms with van der Waals surface area (Å²) in [6, 6.07) is 5.46. The first-order chi connectivity index (χ1) is 10.5. The van der Waals surface area contributed by atoms with Crippen LogP contribution in [0.1, 0.15) is 11.3 Å². The Balaban J connectivity index is 2.36. The number of nitrogens with zero attached hydrogens (tertiary/aromatic N) is 2. The van der Waals surface area contributed by atoms with Crippen molar-refractivity contribution >= 4 is 11.8 Å². The molecular formula is C14H12F6N2S. The predicted molar refractivity (Wildman–Crippen MR) is 75.2 cm³/mol. The molecule has 126 valence electrons. The van der Waals surface area contributed by atoms with Crippen LogP contribution in [0.4, 0.5) is 26.3 Å². The van der Waals surface area contributed by atoms with E-state index in [1.807, 2.05) is 0 Å². The highest BCUT2D eigenvalue weighted by atomic mass is 32.2. The number of aromatic nitrogens is 2. The molecule has 0 atom stereocenters. The molecule has 1 aromatic carbocycles. The quantitative estimate of drug-likeness (QED) is 0.566. The summed E-state index contributed by atoms with van der Waals surface area (Å²) in [5, 5.41) is 3.40. The number of thioether (sulfide) groups is 1. The van der Waals surface area contributed by atoms with Gasteiger partial charge in [0, 0.05) is 17.5 Å². The van der Waals surface area contributed by atoms with Crippen molar-refractivity contribution in [2.45, 2.75) is 24.2 Å². The lowest BCUT2D eigenvalue weighted by molar-refractivity contribution is -0.141. The highest BCUT2D eigenvalue weighted by Gasteiger charge is 2.34. The van der Waals surface area contributed by atoms with Gasteiger partial charge in [0.1, 0.15) is 0 Å². The lowest BCUT2D eigenvalue weighted by Crippen LogP contribution is -2.10. The van der Waals surface area contributed by atoms with Gasteiger partial charge < -0.3 is 0 Å².